The minimum Gasteiger partial charge on any atom is -0.309 e. The monoisotopic (exact) mass is 511 g/mol. The molecule has 1 aliphatic carbocycles. The van der Waals surface area contributed by atoms with Gasteiger partial charge in [0.2, 0.25) is 0 Å². The zero-order valence-electron chi connectivity index (χ0n) is 22.7. The van der Waals surface area contributed by atoms with Gasteiger partial charge >= 0.3 is 0 Å². The molecular formula is C39H29N. The highest BCUT2D eigenvalue weighted by Crippen LogP contribution is 2.53. The maximum atomic E-state index is 2.42. The zero-order chi connectivity index (χ0) is 26.8. The van der Waals surface area contributed by atoms with Gasteiger partial charge in [-0.2, -0.15) is 0 Å². The van der Waals surface area contributed by atoms with Crippen LogP contribution in [0, 0.1) is 0 Å². The summed E-state index contributed by atoms with van der Waals surface area (Å²) < 4.78 is 2.42. The smallest absolute Gasteiger partial charge is 0.0547 e. The van der Waals surface area contributed by atoms with E-state index >= 15 is 0 Å². The van der Waals surface area contributed by atoms with E-state index in [0.717, 1.165) is 0 Å². The van der Waals surface area contributed by atoms with Crippen molar-refractivity contribution in [3.63, 3.8) is 0 Å². The lowest BCUT2D eigenvalue weighted by Crippen LogP contribution is -2.16. The molecule has 0 radical (unpaired) electrons. The van der Waals surface area contributed by atoms with E-state index in [4.69, 9.17) is 0 Å². The second-order valence-electron chi connectivity index (χ2n) is 11.4. The van der Waals surface area contributed by atoms with Crippen LogP contribution in [0.1, 0.15) is 25.0 Å². The predicted octanol–water partition coefficient (Wildman–Crippen LogP) is 10.4. The van der Waals surface area contributed by atoms with Gasteiger partial charge in [0.1, 0.15) is 0 Å². The van der Waals surface area contributed by atoms with Gasteiger partial charge in [0.05, 0.1) is 11.0 Å². The van der Waals surface area contributed by atoms with Gasteiger partial charge in [-0.1, -0.05) is 129 Å². The van der Waals surface area contributed by atoms with Crippen molar-refractivity contribution in [3.8, 4) is 39.1 Å². The third kappa shape index (κ3) is 3.21. The molecule has 0 fully saturated rings. The molecule has 0 aliphatic heterocycles. The normalized spacial score (nSPS) is 13.4. The van der Waals surface area contributed by atoms with Crippen molar-refractivity contribution in [2.45, 2.75) is 19.3 Å². The molecule has 0 saturated carbocycles. The summed E-state index contributed by atoms with van der Waals surface area (Å²) in [5.41, 5.74) is 14.2. The average Bonchev–Trinajstić information content (AvgIpc) is 3.47. The molecule has 0 spiro atoms. The first-order valence-corrected chi connectivity index (χ1v) is 14.0. The molecule has 0 bridgehead atoms. The van der Waals surface area contributed by atoms with E-state index < -0.39 is 0 Å². The molecule has 1 heteroatoms. The number of nitrogens with zero attached hydrogens (tertiary/aromatic N) is 1. The Morgan fingerprint density at radius 2 is 1.02 bits per heavy atom. The quantitative estimate of drug-likeness (QED) is 0.222. The molecule has 6 aromatic carbocycles. The third-order valence-electron chi connectivity index (χ3n) is 8.80. The molecule has 0 unspecified atom stereocenters. The van der Waals surface area contributed by atoms with Crippen molar-refractivity contribution >= 4 is 21.8 Å². The molecule has 0 saturated heterocycles. The molecule has 0 amide bonds. The van der Waals surface area contributed by atoms with Crippen LogP contribution >= 0.6 is 0 Å². The van der Waals surface area contributed by atoms with Crippen LogP contribution in [0.25, 0.3) is 60.9 Å². The number of hydrogen-bond acceptors (Lipinski definition) is 0. The highest BCUT2D eigenvalue weighted by molar-refractivity contribution is 6.16. The second-order valence-corrected chi connectivity index (χ2v) is 11.4. The average molecular weight is 512 g/mol. The number of rotatable bonds is 3. The van der Waals surface area contributed by atoms with Crippen molar-refractivity contribution in [2.24, 2.45) is 0 Å². The molecule has 1 heterocycles. The van der Waals surface area contributed by atoms with Crippen LogP contribution in [-0.4, -0.2) is 4.57 Å². The Labute approximate surface area is 235 Å². The summed E-state index contributed by atoms with van der Waals surface area (Å²) in [4.78, 5) is 0. The van der Waals surface area contributed by atoms with Crippen LogP contribution in [0.15, 0.2) is 140 Å². The van der Waals surface area contributed by atoms with Gasteiger partial charge in [0, 0.05) is 21.9 Å². The standard InChI is InChI=1S/C39H29N/c1-39(2)34-19-8-6-14-29(34)31-17-10-18-32(38(31)39)30-16-11-21-36-37(30)33-15-7-9-20-35(33)40(36)28-24-22-27(23-25-28)26-12-4-3-5-13-26/h3-25H,1-2H3. The van der Waals surface area contributed by atoms with Crippen LogP contribution in [0.4, 0.5) is 0 Å². The Hall–Kier alpha value is -4.88. The van der Waals surface area contributed by atoms with Gasteiger partial charge < -0.3 is 4.57 Å². The summed E-state index contributed by atoms with van der Waals surface area (Å²) >= 11 is 0. The number of para-hydroxylation sites is 1. The van der Waals surface area contributed by atoms with Gasteiger partial charge in [0.15, 0.2) is 0 Å². The summed E-state index contributed by atoms with van der Waals surface area (Å²) in [6.07, 6.45) is 0. The molecule has 7 aromatic rings. The molecule has 8 rings (SSSR count). The summed E-state index contributed by atoms with van der Waals surface area (Å²) in [6.45, 7) is 4.75. The van der Waals surface area contributed by atoms with Crippen molar-refractivity contribution in [3.05, 3.63) is 151 Å². The molecule has 1 aliphatic rings. The van der Waals surface area contributed by atoms with Gasteiger partial charge in [-0.15, -0.1) is 0 Å². The van der Waals surface area contributed by atoms with E-state index in [0.29, 0.717) is 0 Å². The highest BCUT2D eigenvalue weighted by atomic mass is 15.0. The molecule has 1 aromatic heterocycles. The fourth-order valence-corrected chi connectivity index (χ4v) is 7.03. The lowest BCUT2D eigenvalue weighted by atomic mass is 9.78. The number of aromatic nitrogens is 1. The van der Waals surface area contributed by atoms with E-state index in [2.05, 4.69) is 158 Å². The minimum atomic E-state index is -0.0731. The van der Waals surface area contributed by atoms with Crippen LogP contribution in [0.2, 0.25) is 0 Å². The van der Waals surface area contributed by atoms with Crippen LogP contribution in [0.5, 0.6) is 0 Å². The topological polar surface area (TPSA) is 4.93 Å². The molecule has 0 atom stereocenters. The van der Waals surface area contributed by atoms with Gasteiger partial charge in [-0.05, 0) is 68.8 Å². The van der Waals surface area contributed by atoms with E-state index in [9.17, 15) is 0 Å². The van der Waals surface area contributed by atoms with E-state index in [1.807, 2.05) is 0 Å². The van der Waals surface area contributed by atoms with Crippen molar-refractivity contribution in [1.29, 1.82) is 0 Å². The minimum absolute atomic E-state index is 0.0731. The fourth-order valence-electron chi connectivity index (χ4n) is 7.03. The largest absolute Gasteiger partial charge is 0.309 e. The Morgan fingerprint density at radius 1 is 0.450 bits per heavy atom. The lowest BCUT2D eigenvalue weighted by Gasteiger charge is -2.25. The summed E-state index contributed by atoms with van der Waals surface area (Å²) in [7, 11) is 0. The highest BCUT2D eigenvalue weighted by Gasteiger charge is 2.37. The molecule has 40 heavy (non-hydrogen) atoms. The first-order valence-electron chi connectivity index (χ1n) is 14.0. The first-order chi connectivity index (χ1) is 19.6. The fraction of sp³-hybridized carbons (Fsp3) is 0.0769. The van der Waals surface area contributed by atoms with Crippen LogP contribution < -0.4 is 0 Å². The number of fused-ring (bicyclic) bond motifs is 6. The second kappa shape index (κ2) is 8.56. The lowest BCUT2D eigenvalue weighted by molar-refractivity contribution is 0.662. The maximum absolute atomic E-state index is 2.42. The van der Waals surface area contributed by atoms with Crippen LogP contribution in [0.3, 0.4) is 0 Å². The van der Waals surface area contributed by atoms with Gasteiger partial charge in [-0.25, -0.2) is 0 Å². The predicted molar refractivity (Wildman–Crippen MR) is 169 cm³/mol. The van der Waals surface area contributed by atoms with E-state index in [1.165, 1.54) is 72.0 Å². The van der Waals surface area contributed by atoms with E-state index in [-0.39, 0.29) is 5.41 Å². The van der Waals surface area contributed by atoms with Gasteiger partial charge in [0.25, 0.3) is 0 Å². The SMILES string of the molecule is CC1(C)c2ccccc2-c2cccc(-c3cccc4c3c3ccccc3n4-c3ccc(-c4ccccc4)cc3)c21. The van der Waals surface area contributed by atoms with Crippen molar-refractivity contribution in [1.82, 2.24) is 4.57 Å². The summed E-state index contributed by atoms with van der Waals surface area (Å²) in [5, 5.41) is 2.59. The zero-order valence-corrected chi connectivity index (χ0v) is 22.7. The Balaban J connectivity index is 1.38. The Morgan fingerprint density at radius 3 is 1.85 bits per heavy atom. The Bertz CT molecular complexity index is 2060. The third-order valence-corrected chi connectivity index (χ3v) is 8.80. The molecular weight excluding hydrogens is 482 g/mol. The maximum Gasteiger partial charge on any atom is 0.0547 e. The Kier molecular flexibility index (Phi) is 4.93. The number of benzene rings is 6. The van der Waals surface area contributed by atoms with Crippen molar-refractivity contribution in [2.75, 3.05) is 0 Å². The first kappa shape index (κ1) is 23.0. The van der Waals surface area contributed by atoms with Crippen LogP contribution in [-0.2, 0) is 5.41 Å². The van der Waals surface area contributed by atoms with Crippen molar-refractivity contribution < 1.29 is 0 Å². The molecule has 190 valence electrons. The van der Waals surface area contributed by atoms with E-state index in [1.54, 1.807) is 0 Å². The summed E-state index contributed by atoms with van der Waals surface area (Å²) in [6, 6.07) is 51.0. The molecule has 1 nitrogen and oxygen atoms in total. The number of hydrogen-bond donors (Lipinski definition) is 0. The molecule has 0 N–H and O–H groups in total. The van der Waals surface area contributed by atoms with Gasteiger partial charge in [-0.3, -0.25) is 0 Å². The summed E-state index contributed by atoms with van der Waals surface area (Å²) in [5.74, 6) is 0.